The number of carbonyl (C=O) groups is 2. The van der Waals surface area contributed by atoms with Gasteiger partial charge >= 0.3 is 6.18 Å². The number of amides is 1. The highest BCUT2D eigenvalue weighted by Gasteiger charge is 2.30. The van der Waals surface area contributed by atoms with Gasteiger partial charge in [-0.25, -0.2) is 0 Å². The number of fused-ring (bicyclic) bond motifs is 1. The highest BCUT2D eigenvalue weighted by atomic mass is 19.4. The number of Topliss-reactive ketones (excluding diaryl/α,β-unsaturated/α-hetero) is 1. The van der Waals surface area contributed by atoms with Crippen molar-refractivity contribution in [2.24, 2.45) is 0 Å². The second-order valence-corrected chi connectivity index (χ2v) is 6.62. The molecule has 0 unspecified atom stereocenters. The van der Waals surface area contributed by atoms with E-state index in [1.54, 1.807) is 12.1 Å². The van der Waals surface area contributed by atoms with E-state index in [2.05, 4.69) is 5.32 Å². The minimum atomic E-state index is -4.48. The summed E-state index contributed by atoms with van der Waals surface area (Å²) in [6, 6.07) is 15.7. The van der Waals surface area contributed by atoms with Gasteiger partial charge in [0.1, 0.15) is 0 Å². The number of ketones is 1. The maximum absolute atomic E-state index is 12.7. The Morgan fingerprint density at radius 3 is 2.36 bits per heavy atom. The Hall–Kier alpha value is -3.15. The number of aryl methyl sites for hydroxylation is 1. The van der Waals surface area contributed by atoms with E-state index in [4.69, 9.17) is 0 Å². The molecule has 0 bridgehead atoms. The zero-order valence-electron chi connectivity index (χ0n) is 15.1. The lowest BCUT2D eigenvalue weighted by Gasteiger charge is -2.10. The Kier molecular flexibility index (Phi) is 5.49. The minimum absolute atomic E-state index is 0.0256. The van der Waals surface area contributed by atoms with Crippen molar-refractivity contribution in [1.29, 1.82) is 0 Å². The number of nitrogens with one attached hydrogen (secondary N) is 1. The number of alkyl halides is 3. The molecule has 0 saturated carbocycles. The SMILES string of the molecule is Cc1ccc2cc(C(=O)CCC(=O)Nc3cccc(C(F)(F)F)c3)ccc2c1. The topological polar surface area (TPSA) is 46.2 Å². The number of anilines is 1. The summed E-state index contributed by atoms with van der Waals surface area (Å²) in [5.41, 5.74) is 0.835. The van der Waals surface area contributed by atoms with E-state index in [-0.39, 0.29) is 24.3 Å². The van der Waals surface area contributed by atoms with E-state index < -0.39 is 17.6 Å². The standard InChI is InChI=1S/C22H18F3NO2/c1-14-5-6-16-12-17(8-7-15(16)11-14)20(27)9-10-21(28)26-19-4-2-3-18(13-19)22(23,24)25/h2-8,11-13H,9-10H2,1H3,(H,26,28). The molecular formula is C22H18F3NO2. The van der Waals surface area contributed by atoms with E-state index in [1.807, 2.05) is 31.2 Å². The van der Waals surface area contributed by atoms with Crippen molar-refractivity contribution in [3.05, 3.63) is 77.4 Å². The molecule has 1 N–H and O–H groups in total. The molecule has 0 saturated heterocycles. The van der Waals surface area contributed by atoms with Crippen LogP contribution < -0.4 is 5.32 Å². The van der Waals surface area contributed by atoms with Crippen LogP contribution in [0.4, 0.5) is 18.9 Å². The van der Waals surface area contributed by atoms with Gasteiger partial charge in [0.15, 0.2) is 5.78 Å². The first-order chi connectivity index (χ1) is 13.2. The van der Waals surface area contributed by atoms with Gasteiger partial charge in [-0.3, -0.25) is 9.59 Å². The zero-order chi connectivity index (χ0) is 20.3. The van der Waals surface area contributed by atoms with Crippen molar-refractivity contribution in [1.82, 2.24) is 0 Å². The van der Waals surface area contributed by atoms with E-state index in [0.717, 1.165) is 28.5 Å². The lowest BCUT2D eigenvalue weighted by Crippen LogP contribution is -2.14. The molecule has 28 heavy (non-hydrogen) atoms. The van der Waals surface area contributed by atoms with Gasteiger partial charge in [-0.2, -0.15) is 13.2 Å². The zero-order valence-corrected chi connectivity index (χ0v) is 15.1. The minimum Gasteiger partial charge on any atom is -0.326 e. The molecule has 144 valence electrons. The Morgan fingerprint density at radius 2 is 1.61 bits per heavy atom. The van der Waals surface area contributed by atoms with Crippen molar-refractivity contribution in [2.45, 2.75) is 25.9 Å². The van der Waals surface area contributed by atoms with Crippen molar-refractivity contribution in [3.63, 3.8) is 0 Å². The molecule has 0 heterocycles. The van der Waals surface area contributed by atoms with Gasteiger partial charge in [-0.05, 0) is 42.0 Å². The number of halogens is 3. The van der Waals surface area contributed by atoms with Gasteiger partial charge in [0, 0.05) is 24.1 Å². The molecule has 0 aliphatic heterocycles. The number of benzene rings is 3. The van der Waals surface area contributed by atoms with Crippen LogP contribution in [-0.2, 0) is 11.0 Å². The second kappa shape index (κ2) is 7.84. The first-order valence-corrected chi connectivity index (χ1v) is 8.73. The quantitative estimate of drug-likeness (QED) is 0.567. The van der Waals surface area contributed by atoms with Crippen LogP contribution in [0.15, 0.2) is 60.7 Å². The normalized spacial score (nSPS) is 11.4. The molecule has 6 heteroatoms. The Labute approximate surface area is 160 Å². The van der Waals surface area contributed by atoms with Gasteiger partial charge in [0.25, 0.3) is 0 Å². The van der Waals surface area contributed by atoms with Crippen LogP contribution in [0.1, 0.15) is 34.3 Å². The molecule has 3 rings (SSSR count). The molecule has 0 atom stereocenters. The summed E-state index contributed by atoms with van der Waals surface area (Å²) in [6.07, 6.45) is -4.62. The number of hydrogen-bond acceptors (Lipinski definition) is 2. The fourth-order valence-corrected chi connectivity index (χ4v) is 2.91. The van der Waals surface area contributed by atoms with Crippen LogP contribution in [0.3, 0.4) is 0 Å². The van der Waals surface area contributed by atoms with E-state index in [9.17, 15) is 22.8 Å². The predicted octanol–water partition coefficient (Wildman–Crippen LogP) is 5.77. The molecule has 3 aromatic carbocycles. The largest absolute Gasteiger partial charge is 0.416 e. The first-order valence-electron chi connectivity index (χ1n) is 8.73. The Balaban J connectivity index is 1.61. The molecule has 0 aromatic heterocycles. The van der Waals surface area contributed by atoms with Crippen LogP contribution in [0.2, 0.25) is 0 Å². The maximum atomic E-state index is 12.7. The van der Waals surface area contributed by atoms with Gasteiger partial charge in [0.05, 0.1) is 5.56 Å². The smallest absolute Gasteiger partial charge is 0.326 e. The summed E-state index contributed by atoms with van der Waals surface area (Å²) in [4.78, 5) is 24.4. The second-order valence-electron chi connectivity index (χ2n) is 6.62. The van der Waals surface area contributed by atoms with Crippen molar-refractivity contribution in [3.8, 4) is 0 Å². The summed E-state index contributed by atoms with van der Waals surface area (Å²) < 4.78 is 38.2. The molecular weight excluding hydrogens is 367 g/mol. The average molecular weight is 385 g/mol. The molecule has 0 radical (unpaired) electrons. The third kappa shape index (κ3) is 4.76. The van der Waals surface area contributed by atoms with Crippen molar-refractivity contribution in [2.75, 3.05) is 5.32 Å². The lowest BCUT2D eigenvalue weighted by atomic mass is 10.0. The lowest BCUT2D eigenvalue weighted by molar-refractivity contribution is -0.137. The van der Waals surface area contributed by atoms with Crippen LogP contribution in [0.5, 0.6) is 0 Å². The number of carbonyl (C=O) groups excluding carboxylic acids is 2. The highest BCUT2D eigenvalue weighted by Crippen LogP contribution is 2.30. The highest BCUT2D eigenvalue weighted by molar-refractivity contribution is 6.02. The van der Waals surface area contributed by atoms with Crippen LogP contribution in [-0.4, -0.2) is 11.7 Å². The van der Waals surface area contributed by atoms with Crippen LogP contribution in [0, 0.1) is 6.92 Å². The van der Waals surface area contributed by atoms with Crippen molar-refractivity contribution < 1.29 is 22.8 Å². The molecule has 0 fully saturated rings. The van der Waals surface area contributed by atoms with Gasteiger partial charge in [-0.1, -0.05) is 42.0 Å². The summed E-state index contributed by atoms with van der Waals surface area (Å²) in [6.45, 7) is 1.99. The van der Waals surface area contributed by atoms with E-state index in [0.29, 0.717) is 5.56 Å². The molecule has 0 aliphatic carbocycles. The van der Waals surface area contributed by atoms with Gasteiger partial charge < -0.3 is 5.32 Å². The maximum Gasteiger partial charge on any atom is 0.416 e. The van der Waals surface area contributed by atoms with Gasteiger partial charge in [0.2, 0.25) is 5.91 Å². The molecule has 0 aliphatic rings. The molecule has 3 nitrogen and oxygen atoms in total. The Bertz CT molecular complexity index is 1040. The fourth-order valence-electron chi connectivity index (χ4n) is 2.91. The Morgan fingerprint density at radius 1 is 0.893 bits per heavy atom. The average Bonchev–Trinajstić information content (AvgIpc) is 2.65. The van der Waals surface area contributed by atoms with Gasteiger partial charge in [-0.15, -0.1) is 0 Å². The summed E-state index contributed by atoms with van der Waals surface area (Å²) >= 11 is 0. The summed E-state index contributed by atoms with van der Waals surface area (Å²) in [5.74, 6) is -0.703. The van der Waals surface area contributed by atoms with Crippen molar-refractivity contribution >= 4 is 28.2 Å². The predicted molar refractivity (Wildman–Crippen MR) is 102 cm³/mol. The fraction of sp³-hybridized carbons (Fsp3) is 0.182. The third-order valence-corrected chi connectivity index (χ3v) is 4.37. The monoisotopic (exact) mass is 385 g/mol. The van der Waals surface area contributed by atoms with Crippen LogP contribution in [0.25, 0.3) is 10.8 Å². The molecule has 3 aromatic rings. The first kappa shape index (κ1) is 19.6. The summed E-state index contributed by atoms with van der Waals surface area (Å²) in [7, 11) is 0. The van der Waals surface area contributed by atoms with Crippen LogP contribution >= 0.6 is 0 Å². The van der Waals surface area contributed by atoms with E-state index in [1.165, 1.54) is 12.1 Å². The summed E-state index contributed by atoms with van der Waals surface area (Å²) in [5, 5.41) is 4.37. The number of hydrogen-bond donors (Lipinski definition) is 1. The molecule has 0 spiro atoms. The van der Waals surface area contributed by atoms with E-state index >= 15 is 0 Å². The molecule has 1 amide bonds. The third-order valence-electron chi connectivity index (χ3n) is 4.37. The number of rotatable bonds is 5.